The third-order valence-electron chi connectivity index (χ3n) is 5.46. The van der Waals surface area contributed by atoms with Crippen molar-refractivity contribution in [2.75, 3.05) is 55.9 Å². The van der Waals surface area contributed by atoms with E-state index in [0.717, 1.165) is 54.1 Å². The molecule has 2 aromatic carbocycles. The van der Waals surface area contributed by atoms with Gasteiger partial charge in [-0.15, -0.1) is 0 Å². The lowest BCUT2D eigenvalue weighted by molar-refractivity contribution is 0.356. The average Bonchev–Trinajstić information content (AvgIpc) is 3.22. The lowest BCUT2D eigenvalue weighted by Crippen LogP contribution is -2.47. The highest BCUT2D eigenvalue weighted by atomic mass is 16.5. The number of aromatic amines is 1. The third kappa shape index (κ3) is 3.08. The zero-order valence-corrected chi connectivity index (χ0v) is 16.9. The number of aromatic nitrogens is 4. The van der Waals surface area contributed by atoms with E-state index in [1.165, 1.54) is 0 Å². The van der Waals surface area contributed by atoms with Crippen LogP contribution in [0.25, 0.3) is 21.9 Å². The largest absolute Gasteiger partial charge is 0.493 e. The number of nitrogens with two attached hydrogens (primary N) is 1. The SMILES string of the molecule is COc1cc2nc(N3CCN(c4nc5ccccc5[nH]4)CC3)nc(N)c2cc1OC. The lowest BCUT2D eigenvalue weighted by Gasteiger charge is -2.34. The Morgan fingerprint density at radius 2 is 1.57 bits per heavy atom. The molecule has 5 rings (SSSR count). The number of ether oxygens (including phenoxy) is 2. The number of rotatable bonds is 4. The smallest absolute Gasteiger partial charge is 0.228 e. The maximum atomic E-state index is 6.24. The zero-order valence-electron chi connectivity index (χ0n) is 16.9. The number of hydrogen-bond acceptors (Lipinski definition) is 8. The summed E-state index contributed by atoms with van der Waals surface area (Å²) in [6, 6.07) is 11.7. The van der Waals surface area contributed by atoms with Gasteiger partial charge < -0.3 is 30.0 Å². The van der Waals surface area contributed by atoms with Crippen molar-refractivity contribution in [1.29, 1.82) is 0 Å². The number of para-hydroxylation sites is 2. The van der Waals surface area contributed by atoms with Crippen molar-refractivity contribution in [2.45, 2.75) is 0 Å². The summed E-state index contributed by atoms with van der Waals surface area (Å²) in [6.07, 6.45) is 0. The molecule has 9 heteroatoms. The van der Waals surface area contributed by atoms with Crippen LogP contribution in [0.3, 0.4) is 0 Å². The van der Waals surface area contributed by atoms with Crippen LogP contribution in [-0.2, 0) is 0 Å². The predicted octanol–water partition coefficient (Wildman–Crippen LogP) is 2.43. The summed E-state index contributed by atoms with van der Waals surface area (Å²) in [5.74, 6) is 3.16. The molecule has 0 unspecified atom stereocenters. The van der Waals surface area contributed by atoms with Crippen LogP contribution in [0.4, 0.5) is 17.7 Å². The molecule has 0 radical (unpaired) electrons. The fourth-order valence-corrected chi connectivity index (χ4v) is 3.82. The van der Waals surface area contributed by atoms with Crippen LogP contribution in [0.2, 0.25) is 0 Å². The molecule has 1 saturated heterocycles. The number of imidazole rings is 1. The molecule has 3 N–H and O–H groups in total. The van der Waals surface area contributed by atoms with Crippen LogP contribution in [0, 0.1) is 0 Å². The van der Waals surface area contributed by atoms with Crippen LogP contribution in [0.1, 0.15) is 0 Å². The Kier molecular flexibility index (Phi) is 4.42. The number of methoxy groups -OCH3 is 2. The van der Waals surface area contributed by atoms with Gasteiger partial charge in [0.25, 0.3) is 0 Å². The zero-order chi connectivity index (χ0) is 20.7. The number of benzene rings is 2. The van der Waals surface area contributed by atoms with Gasteiger partial charge in [0, 0.05) is 37.6 Å². The molecule has 2 aromatic heterocycles. The van der Waals surface area contributed by atoms with E-state index in [4.69, 9.17) is 25.2 Å². The molecule has 3 heterocycles. The van der Waals surface area contributed by atoms with Gasteiger partial charge in [0.15, 0.2) is 11.5 Å². The molecule has 0 spiro atoms. The molecular formula is C21H23N7O2. The number of fused-ring (bicyclic) bond motifs is 2. The molecule has 0 saturated carbocycles. The first-order valence-corrected chi connectivity index (χ1v) is 9.80. The van der Waals surface area contributed by atoms with Gasteiger partial charge in [-0.25, -0.2) is 9.97 Å². The maximum Gasteiger partial charge on any atom is 0.228 e. The van der Waals surface area contributed by atoms with Crippen LogP contribution in [0.5, 0.6) is 11.5 Å². The Morgan fingerprint density at radius 3 is 2.30 bits per heavy atom. The number of anilines is 3. The van der Waals surface area contributed by atoms with Crippen LogP contribution in [-0.4, -0.2) is 60.3 Å². The fourth-order valence-electron chi connectivity index (χ4n) is 3.82. The first kappa shape index (κ1) is 18.3. The minimum Gasteiger partial charge on any atom is -0.493 e. The normalized spacial score (nSPS) is 14.5. The van der Waals surface area contributed by atoms with Gasteiger partial charge in [0.05, 0.1) is 30.8 Å². The number of hydrogen-bond donors (Lipinski definition) is 2. The van der Waals surface area contributed by atoms with E-state index in [1.807, 2.05) is 36.4 Å². The van der Waals surface area contributed by atoms with E-state index in [9.17, 15) is 0 Å². The minimum atomic E-state index is 0.427. The van der Waals surface area contributed by atoms with E-state index in [1.54, 1.807) is 14.2 Å². The second-order valence-electron chi connectivity index (χ2n) is 7.18. The quantitative estimate of drug-likeness (QED) is 0.533. The van der Waals surface area contributed by atoms with Crippen molar-refractivity contribution >= 4 is 39.7 Å². The Balaban J connectivity index is 1.38. The van der Waals surface area contributed by atoms with Crippen molar-refractivity contribution in [3.63, 3.8) is 0 Å². The first-order chi connectivity index (χ1) is 14.7. The highest BCUT2D eigenvalue weighted by molar-refractivity contribution is 5.91. The van der Waals surface area contributed by atoms with Gasteiger partial charge in [0.2, 0.25) is 11.9 Å². The van der Waals surface area contributed by atoms with Gasteiger partial charge in [-0.05, 0) is 18.2 Å². The molecule has 4 aromatic rings. The topological polar surface area (TPSA) is 105 Å². The molecule has 0 atom stereocenters. The predicted molar refractivity (Wildman–Crippen MR) is 118 cm³/mol. The lowest BCUT2D eigenvalue weighted by atomic mass is 10.2. The monoisotopic (exact) mass is 405 g/mol. The summed E-state index contributed by atoms with van der Waals surface area (Å²) >= 11 is 0. The standard InChI is InChI=1S/C21H23N7O2/c1-29-17-11-13-16(12-18(17)30-2)25-21(26-19(13)22)28-9-7-27(8-10-28)20-23-14-5-3-4-6-15(14)24-20/h3-6,11-12H,7-10H2,1-2H3,(H,23,24)(H2,22,25,26). The van der Waals surface area contributed by atoms with Crippen LogP contribution >= 0.6 is 0 Å². The Morgan fingerprint density at radius 1 is 0.867 bits per heavy atom. The molecule has 1 aliphatic rings. The van der Waals surface area contributed by atoms with Crippen molar-refractivity contribution < 1.29 is 9.47 Å². The Hall–Kier alpha value is -3.75. The van der Waals surface area contributed by atoms with Gasteiger partial charge >= 0.3 is 0 Å². The Bertz CT molecular complexity index is 1180. The molecule has 30 heavy (non-hydrogen) atoms. The summed E-state index contributed by atoms with van der Waals surface area (Å²) in [6.45, 7) is 3.17. The second kappa shape index (κ2) is 7.25. The summed E-state index contributed by atoms with van der Waals surface area (Å²) < 4.78 is 10.8. The average molecular weight is 405 g/mol. The van der Waals surface area contributed by atoms with E-state index in [2.05, 4.69) is 19.8 Å². The molecule has 0 aliphatic carbocycles. The fraction of sp³-hybridized carbons (Fsp3) is 0.286. The third-order valence-corrected chi connectivity index (χ3v) is 5.46. The number of nitrogen functional groups attached to an aromatic ring is 1. The van der Waals surface area contributed by atoms with E-state index in [0.29, 0.717) is 23.3 Å². The van der Waals surface area contributed by atoms with Crippen LogP contribution < -0.4 is 25.0 Å². The van der Waals surface area contributed by atoms with Gasteiger partial charge in [0.1, 0.15) is 5.82 Å². The molecule has 0 bridgehead atoms. The van der Waals surface area contributed by atoms with Gasteiger partial charge in [-0.2, -0.15) is 4.98 Å². The van der Waals surface area contributed by atoms with E-state index >= 15 is 0 Å². The summed E-state index contributed by atoms with van der Waals surface area (Å²) in [5, 5.41) is 0.748. The Labute approximate surface area is 173 Å². The highest BCUT2D eigenvalue weighted by Crippen LogP contribution is 2.34. The van der Waals surface area contributed by atoms with Crippen LogP contribution in [0.15, 0.2) is 36.4 Å². The van der Waals surface area contributed by atoms with E-state index < -0.39 is 0 Å². The summed E-state index contributed by atoms with van der Waals surface area (Å²) in [4.78, 5) is 21.8. The summed E-state index contributed by atoms with van der Waals surface area (Å²) in [7, 11) is 3.20. The maximum absolute atomic E-state index is 6.24. The first-order valence-electron chi connectivity index (χ1n) is 9.80. The van der Waals surface area contributed by atoms with Gasteiger partial charge in [-0.1, -0.05) is 12.1 Å². The molecule has 154 valence electrons. The van der Waals surface area contributed by atoms with Crippen molar-refractivity contribution in [1.82, 2.24) is 19.9 Å². The molecule has 1 aliphatic heterocycles. The van der Waals surface area contributed by atoms with E-state index in [-0.39, 0.29) is 0 Å². The van der Waals surface area contributed by atoms with Gasteiger partial charge in [-0.3, -0.25) is 0 Å². The molecule has 1 fully saturated rings. The number of nitrogens with one attached hydrogen (secondary N) is 1. The number of nitrogens with zero attached hydrogens (tertiary/aromatic N) is 5. The van der Waals surface area contributed by atoms with Crippen molar-refractivity contribution in [2.24, 2.45) is 0 Å². The van der Waals surface area contributed by atoms with Crippen molar-refractivity contribution in [3.8, 4) is 11.5 Å². The summed E-state index contributed by atoms with van der Waals surface area (Å²) in [5.41, 5.74) is 9.00. The molecule has 9 nitrogen and oxygen atoms in total. The number of H-pyrrole nitrogens is 1. The highest BCUT2D eigenvalue weighted by Gasteiger charge is 2.22. The van der Waals surface area contributed by atoms with Crippen molar-refractivity contribution in [3.05, 3.63) is 36.4 Å². The second-order valence-corrected chi connectivity index (χ2v) is 7.18. The molecule has 0 amide bonds. The molecular weight excluding hydrogens is 382 g/mol. The minimum absolute atomic E-state index is 0.427. The number of piperazine rings is 1.